The predicted octanol–water partition coefficient (Wildman–Crippen LogP) is 1.94. The summed E-state index contributed by atoms with van der Waals surface area (Å²) in [5.74, 6) is -2.37. The Hall–Kier alpha value is -4.29. The van der Waals surface area contributed by atoms with E-state index in [4.69, 9.17) is 14.3 Å². The van der Waals surface area contributed by atoms with E-state index in [1.807, 2.05) is 30.3 Å². The summed E-state index contributed by atoms with van der Waals surface area (Å²) in [6.07, 6.45) is 4.40. The second kappa shape index (κ2) is 22.3. The quantitative estimate of drug-likeness (QED) is 0.121. The lowest BCUT2D eigenvalue weighted by molar-refractivity contribution is -0.158. The third-order valence-electron chi connectivity index (χ3n) is 6.79. The van der Waals surface area contributed by atoms with Gasteiger partial charge in [0.15, 0.2) is 0 Å². The maximum Gasteiger partial charge on any atom is 0.334 e. The van der Waals surface area contributed by atoms with Gasteiger partial charge in [0.25, 0.3) is 5.91 Å². The van der Waals surface area contributed by atoms with Crippen LogP contribution in [0.3, 0.4) is 0 Å². The average Bonchev–Trinajstić information content (AvgIpc) is 3.04. The lowest BCUT2D eigenvalue weighted by Gasteiger charge is -2.19. The topological polar surface area (TPSA) is 161 Å². The van der Waals surface area contributed by atoms with Gasteiger partial charge in [0, 0.05) is 40.2 Å². The SMILES string of the molecule is COCCC(=O)NCC[C@H](NC(=O)CCOC)C(=O)NCCC(=O)ONC(=O)Cc1ccc(CCCCc2ccccc2)cc1. The molecule has 2 aromatic carbocycles. The fraction of sp³-hybridized carbons (Fsp3) is 0.485. The Kier molecular flexibility index (Phi) is 18.2. The Morgan fingerprint density at radius 3 is 1.91 bits per heavy atom. The summed E-state index contributed by atoms with van der Waals surface area (Å²) in [6.45, 7) is 0.525. The average molecular weight is 627 g/mol. The molecule has 0 fully saturated rings. The minimum absolute atomic E-state index is 0.0464. The number of unbranched alkanes of at least 4 members (excludes halogenated alkanes) is 1. The number of ether oxygens (including phenoxy) is 2. The first-order chi connectivity index (χ1) is 21.8. The zero-order valence-corrected chi connectivity index (χ0v) is 26.2. The monoisotopic (exact) mass is 626 g/mol. The van der Waals surface area contributed by atoms with Crippen LogP contribution < -0.4 is 21.4 Å². The highest BCUT2D eigenvalue weighted by Crippen LogP contribution is 2.11. The molecule has 0 unspecified atom stereocenters. The molecular weight excluding hydrogens is 580 g/mol. The second-order valence-corrected chi connectivity index (χ2v) is 10.5. The van der Waals surface area contributed by atoms with Crippen molar-refractivity contribution in [1.82, 2.24) is 21.4 Å². The summed E-state index contributed by atoms with van der Waals surface area (Å²) < 4.78 is 9.75. The molecule has 12 heteroatoms. The van der Waals surface area contributed by atoms with Crippen molar-refractivity contribution in [2.45, 2.75) is 63.8 Å². The molecule has 246 valence electrons. The molecule has 45 heavy (non-hydrogen) atoms. The Morgan fingerprint density at radius 2 is 1.27 bits per heavy atom. The molecule has 0 radical (unpaired) electrons. The molecule has 2 rings (SSSR count). The number of nitrogens with one attached hydrogen (secondary N) is 4. The van der Waals surface area contributed by atoms with Crippen LogP contribution in [0.15, 0.2) is 54.6 Å². The number of methoxy groups -OCH3 is 2. The standard InChI is InChI=1S/C33H46N4O8/c1-43-22-18-29(38)34-20-16-28(36-30(39)19-23-44-2)33(42)35-21-17-32(41)45-37-31(40)24-27-14-12-26(13-15-27)11-7-6-10-25-8-4-3-5-9-25/h3-5,8-9,12-15,28H,6-7,10-11,16-24H2,1-2H3,(H,34,38)(H,35,42)(H,36,39)(H,37,40)/t28-/m0/s1. The third kappa shape index (κ3) is 17.0. The number of hydroxylamine groups is 1. The molecule has 0 saturated carbocycles. The predicted molar refractivity (Wildman–Crippen MR) is 168 cm³/mol. The van der Waals surface area contributed by atoms with Crippen molar-refractivity contribution in [3.05, 3.63) is 71.3 Å². The lowest BCUT2D eigenvalue weighted by Crippen LogP contribution is -2.48. The van der Waals surface area contributed by atoms with Crippen LogP contribution in [0.2, 0.25) is 0 Å². The summed E-state index contributed by atoms with van der Waals surface area (Å²) >= 11 is 0. The van der Waals surface area contributed by atoms with Crippen molar-refractivity contribution >= 4 is 29.6 Å². The van der Waals surface area contributed by atoms with Crippen molar-refractivity contribution in [1.29, 1.82) is 0 Å². The second-order valence-electron chi connectivity index (χ2n) is 10.5. The van der Waals surface area contributed by atoms with E-state index in [1.54, 1.807) is 0 Å². The van der Waals surface area contributed by atoms with Gasteiger partial charge in [-0.05, 0) is 48.8 Å². The molecule has 2 aromatic rings. The summed E-state index contributed by atoms with van der Waals surface area (Å²) in [7, 11) is 2.95. The molecule has 0 saturated heterocycles. The summed E-state index contributed by atoms with van der Waals surface area (Å²) in [6, 6.07) is 17.2. The number of aryl methyl sites for hydroxylation is 2. The van der Waals surface area contributed by atoms with Gasteiger partial charge < -0.3 is 30.3 Å². The molecule has 0 aliphatic carbocycles. The minimum Gasteiger partial charge on any atom is -0.384 e. The number of carbonyl (C=O) groups excluding carboxylic acids is 5. The van der Waals surface area contributed by atoms with Crippen LogP contribution in [0.1, 0.15) is 55.2 Å². The minimum atomic E-state index is -0.937. The molecule has 0 spiro atoms. The van der Waals surface area contributed by atoms with Gasteiger partial charge in [-0.25, -0.2) is 4.79 Å². The fourth-order valence-corrected chi connectivity index (χ4v) is 4.29. The van der Waals surface area contributed by atoms with E-state index in [0.717, 1.165) is 31.2 Å². The van der Waals surface area contributed by atoms with Gasteiger partial charge in [-0.1, -0.05) is 54.6 Å². The lowest BCUT2D eigenvalue weighted by atomic mass is 10.0. The summed E-state index contributed by atoms with van der Waals surface area (Å²) in [5, 5.41) is 7.85. The van der Waals surface area contributed by atoms with Crippen molar-refractivity contribution in [2.75, 3.05) is 40.5 Å². The third-order valence-corrected chi connectivity index (χ3v) is 6.79. The molecule has 4 N–H and O–H groups in total. The molecule has 0 heterocycles. The zero-order valence-electron chi connectivity index (χ0n) is 26.2. The van der Waals surface area contributed by atoms with Crippen molar-refractivity contribution in [3.63, 3.8) is 0 Å². The van der Waals surface area contributed by atoms with Gasteiger partial charge in [-0.2, -0.15) is 5.48 Å². The fourth-order valence-electron chi connectivity index (χ4n) is 4.29. The first-order valence-electron chi connectivity index (χ1n) is 15.2. The van der Waals surface area contributed by atoms with Gasteiger partial charge in [-0.3, -0.25) is 19.2 Å². The number of hydrogen-bond donors (Lipinski definition) is 4. The van der Waals surface area contributed by atoms with E-state index in [9.17, 15) is 24.0 Å². The Bertz CT molecular complexity index is 1190. The van der Waals surface area contributed by atoms with E-state index in [-0.39, 0.29) is 64.3 Å². The molecule has 4 amide bonds. The summed E-state index contributed by atoms with van der Waals surface area (Å²) in [4.78, 5) is 65.8. The van der Waals surface area contributed by atoms with Gasteiger partial charge in [0.05, 0.1) is 26.1 Å². The van der Waals surface area contributed by atoms with E-state index in [2.05, 4.69) is 45.7 Å². The van der Waals surface area contributed by atoms with Crippen LogP contribution in [0.25, 0.3) is 0 Å². The molecule has 0 aliphatic rings. The van der Waals surface area contributed by atoms with Gasteiger partial charge >= 0.3 is 5.97 Å². The Labute approximate surface area is 264 Å². The molecule has 0 aliphatic heterocycles. The van der Waals surface area contributed by atoms with Gasteiger partial charge in [0.1, 0.15) is 6.04 Å². The number of rotatable bonds is 21. The highest BCUT2D eigenvalue weighted by molar-refractivity contribution is 5.88. The molecule has 0 bridgehead atoms. The largest absolute Gasteiger partial charge is 0.384 e. The van der Waals surface area contributed by atoms with Crippen molar-refractivity contribution in [3.8, 4) is 0 Å². The van der Waals surface area contributed by atoms with E-state index in [1.165, 1.54) is 25.3 Å². The first kappa shape index (κ1) is 36.9. The smallest absolute Gasteiger partial charge is 0.334 e. The molecule has 12 nitrogen and oxygen atoms in total. The van der Waals surface area contributed by atoms with E-state index in [0.29, 0.717) is 0 Å². The van der Waals surface area contributed by atoms with Crippen LogP contribution in [-0.2, 0) is 57.5 Å². The molecule has 1 atom stereocenters. The van der Waals surface area contributed by atoms with Crippen LogP contribution in [0.5, 0.6) is 0 Å². The van der Waals surface area contributed by atoms with Gasteiger partial charge in [-0.15, -0.1) is 0 Å². The molecule has 0 aromatic heterocycles. The molecular formula is C33H46N4O8. The van der Waals surface area contributed by atoms with Crippen LogP contribution in [0, 0.1) is 0 Å². The van der Waals surface area contributed by atoms with Crippen molar-refractivity contribution in [2.24, 2.45) is 0 Å². The summed E-state index contributed by atoms with van der Waals surface area (Å²) in [5.41, 5.74) is 5.47. The van der Waals surface area contributed by atoms with Crippen LogP contribution in [-0.4, -0.2) is 76.2 Å². The zero-order chi connectivity index (χ0) is 32.7. The van der Waals surface area contributed by atoms with Crippen LogP contribution >= 0.6 is 0 Å². The Morgan fingerprint density at radius 1 is 0.667 bits per heavy atom. The normalized spacial score (nSPS) is 11.2. The highest BCUT2D eigenvalue weighted by Gasteiger charge is 2.21. The number of carbonyl (C=O) groups is 5. The van der Waals surface area contributed by atoms with E-state index >= 15 is 0 Å². The highest BCUT2D eigenvalue weighted by atomic mass is 16.7. The van der Waals surface area contributed by atoms with Crippen LogP contribution in [0.4, 0.5) is 0 Å². The Balaban J connectivity index is 1.67. The number of benzene rings is 2. The number of hydrogen-bond acceptors (Lipinski definition) is 8. The maximum atomic E-state index is 12.7. The van der Waals surface area contributed by atoms with Gasteiger partial charge in [0.2, 0.25) is 17.7 Å². The number of amides is 4. The van der Waals surface area contributed by atoms with Crippen molar-refractivity contribution < 1.29 is 38.3 Å². The van der Waals surface area contributed by atoms with E-state index < -0.39 is 29.7 Å². The first-order valence-corrected chi connectivity index (χ1v) is 15.2. The maximum absolute atomic E-state index is 12.7.